The van der Waals surface area contributed by atoms with Gasteiger partial charge in [0.1, 0.15) is 12.4 Å². The summed E-state index contributed by atoms with van der Waals surface area (Å²) in [5, 5.41) is 0. The smallest absolute Gasteiger partial charge is 0.253 e. The minimum Gasteiger partial charge on any atom is -0.492 e. The second-order valence-corrected chi connectivity index (χ2v) is 6.57. The fraction of sp³-hybridized carbons (Fsp3) is 0.400. The fourth-order valence-corrected chi connectivity index (χ4v) is 2.69. The molecule has 0 aliphatic heterocycles. The summed E-state index contributed by atoms with van der Waals surface area (Å²) in [5.41, 5.74) is 10.1. The molecule has 5 nitrogen and oxygen atoms in total. The highest BCUT2D eigenvalue weighted by atomic mass is 16.5. The normalized spacial score (nSPS) is 11.9. The van der Waals surface area contributed by atoms with Crippen molar-refractivity contribution in [3.8, 4) is 5.75 Å². The van der Waals surface area contributed by atoms with Crippen LogP contribution in [0.5, 0.6) is 5.75 Å². The molecule has 25 heavy (non-hydrogen) atoms. The molecule has 0 atom stereocenters. The number of nitrogens with zero attached hydrogens (tertiary/aromatic N) is 2. The number of hydrogen-bond donors (Lipinski definition) is 1. The molecule has 0 amide bonds. The molecular weight excluding hydrogens is 314 g/mol. The molecule has 0 bridgehead atoms. The van der Waals surface area contributed by atoms with E-state index < -0.39 is 0 Å². The molecule has 5 heteroatoms. The number of ether oxygens (including phenoxy) is 1. The Labute approximate surface area is 149 Å². The molecule has 2 N–H and O–H groups in total. The first kappa shape index (κ1) is 18.9. The highest BCUT2D eigenvalue weighted by Crippen LogP contribution is 2.26. The first-order valence-corrected chi connectivity index (χ1v) is 8.53. The van der Waals surface area contributed by atoms with Crippen LogP contribution in [-0.4, -0.2) is 23.4 Å². The quantitative estimate of drug-likeness (QED) is 0.821. The number of benzene rings is 1. The summed E-state index contributed by atoms with van der Waals surface area (Å²) in [6.45, 7) is 9.04. The van der Waals surface area contributed by atoms with E-state index in [1.165, 1.54) is 0 Å². The zero-order valence-electron chi connectivity index (χ0n) is 15.7. The fourth-order valence-electron chi connectivity index (χ4n) is 2.69. The van der Waals surface area contributed by atoms with E-state index in [9.17, 15) is 4.79 Å². The number of hydrogen-bond acceptors (Lipinski definition) is 4. The van der Waals surface area contributed by atoms with E-state index in [1.54, 1.807) is 11.6 Å². The maximum Gasteiger partial charge on any atom is 0.253 e. The minimum atomic E-state index is 0.0180. The Bertz CT molecular complexity index is 809. The van der Waals surface area contributed by atoms with Crippen LogP contribution in [0.15, 0.2) is 40.2 Å². The second kappa shape index (κ2) is 8.12. The number of aryl methyl sites for hydroxylation is 3. The van der Waals surface area contributed by atoms with E-state index in [0.29, 0.717) is 13.2 Å². The van der Waals surface area contributed by atoms with Gasteiger partial charge in [0.15, 0.2) is 0 Å². The van der Waals surface area contributed by atoms with Crippen molar-refractivity contribution in [3.05, 3.63) is 57.5 Å². The predicted molar refractivity (Wildman–Crippen MR) is 103 cm³/mol. The van der Waals surface area contributed by atoms with Gasteiger partial charge in [0.25, 0.3) is 5.56 Å². The van der Waals surface area contributed by atoms with Gasteiger partial charge >= 0.3 is 0 Å². The van der Waals surface area contributed by atoms with Gasteiger partial charge in [-0.15, -0.1) is 0 Å². The largest absolute Gasteiger partial charge is 0.492 e. The first-order valence-electron chi connectivity index (χ1n) is 8.53. The molecule has 2 rings (SSSR count). The molecule has 0 aliphatic rings. The van der Waals surface area contributed by atoms with E-state index in [2.05, 4.69) is 13.8 Å². The van der Waals surface area contributed by atoms with E-state index in [1.807, 2.05) is 44.3 Å². The van der Waals surface area contributed by atoms with Crippen molar-refractivity contribution in [2.24, 2.45) is 23.7 Å². The van der Waals surface area contributed by atoms with Crippen molar-refractivity contribution < 1.29 is 4.74 Å². The van der Waals surface area contributed by atoms with Crippen molar-refractivity contribution in [3.63, 3.8) is 0 Å². The second-order valence-electron chi connectivity index (χ2n) is 6.57. The zero-order chi connectivity index (χ0) is 18.6. The molecule has 0 saturated heterocycles. The van der Waals surface area contributed by atoms with Crippen LogP contribution in [0.4, 0.5) is 5.69 Å². The highest BCUT2D eigenvalue weighted by Gasteiger charge is 2.12. The van der Waals surface area contributed by atoms with Crippen LogP contribution in [0, 0.1) is 19.8 Å². The summed E-state index contributed by atoms with van der Waals surface area (Å²) in [6.07, 6.45) is 1.85. The maximum absolute atomic E-state index is 11.9. The molecule has 0 fully saturated rings. The molecule has 0 saturated carbocycles. The zero-order valence-corrected chi connectivity index (χ0v) is 15.7. The third kappa shape index (κ3) is 4.57. The lowest BCUT2D eigenvalue weighted by Gasteiger charge is -2.14. The Kier molecular flexibility index (Phi) is 6.15. The third-order valence-electron chi connectivity index (χ3n) is 4.00. The number of aliphatic imine (C=N–C) groups is 1. The average Bonchev–Trinajstić information content (AvgIpc) is 2.56. The van der Waals surface area contributed by atoms with Crippen molar-refractivity contribution in [2.75, 3.05) is 13.2 Å². The van der Waals surface area contributed by atoms with Gasteiger partial charge in [-0.2, -0.15) is 0 Å². The van der Waals surface area contributed by atoms with E-state index in [4.69, 9.17) is 15.5 Å². The van der Waals surface area contributed by atoms with Gasteiger partial charge in [0.2, 0.25) is 0 Å². The van der Waals surface area contributed by atoms with E-state index >= 15 is 0 Å². The van der Waals surface area contributed by atoms with Crippen molar-refractivity contribution in [2.45, 2.75) is 27.7 Å². The highest BCUT2D eigenvalue weighted by molar-refractivity contribution is 6.03. The number of nitrogens with two attached hydrogens (primary N) is 1. The van der Waals surface area contributed by atoms with Gasteiger partial charge < -0.3 is 15.0 Å². The molecule has 0 spiro atoms. The monoisotopic (exact) mass is 341 g/mol. The molecule has 1 aromatic heterocycles. The van der Waals surface area contributed by atoms with Gasteiger partial charge in [0, 0.05) is 30.9 Å². The Hall–Kier alpha value is -2.40. The summed E-state index contributed by atoms with van der Waals surface area (Å²) in [6, 6.07) is 7.75. The summed E-state index contributed by atoms with van der Waals surface area (Å²) in [7, 11) is 1.77. The molecule has 134 valence electrons. The molecule has 0 unspecified atom stereocenters. The Morgan fingerprint density at radius 2 is 1.96 bits per heavy atom. The van der Waals surface area contributed by atoms with Crippen LogP contribution in [-0.2, 0) is 7.05 Å². The Balaban J connectivity index is 2.46. The van der Waals surface area contributed by atoms with Gasteiger partial charge in [-0.1, -0.05) is 13.8 Å². The lowest BCUT2D eigenvalue weighted by Crippen LogP contribution is -2.22. The summed E-state index contributed by atoms with van der Waals surface area (Å²) < 4.78 is 7.17. The molecule has 0 aliphatic carbocycles. The third-order valence-corrected chi connectivity index (χ3v) is 4.00. The SMILES string of the molecule is Cc1cc(OCCN)ccc1N=C(c1cc(C)c(=O)n(C)c1)C(C)C. The van der Waals surface area contributed by atoms with Gasteiger partial charge in [-0.05, 0) is 49.6 Å². The Morgan fingerprint density at radius 1 is 1.24 bits per heavy atom. The van der Waals surface area contributed by atoms with Gasteiger partial charge in [-0.3, -0.25) is 9.79 Å². The number of aromatic nitrogens is 1. The summed E-state index contributed by atoms with van der Waals surface area (Å²) in [5.74, 6) is 1.02. The van der Waals surface area contributed by atoms with E-state index in [0.717, 1.165) is 33.8 Å². The van der Waals surface area contributed by atoms with E-state index in [-0.39, 0.29) is 11.5 Å². The van der Waals surface area contributed by atoms with Crippen LogP contribution >= 0.6 is 0 Å². The first-order chi connectivity index (χ1) is 11.8. The average molecular weight is 341 g/mol. The molecular formula is C20H27N3O2. The minimum absolute atomic E-state index is 0.0180. The topological polar surface area (TPSA) is 69.6 Å². The van der Waals surface area contributed by atoms with Crippen molar-refractivity contribution in [1.82, 2.24) is 4.57 Å². The lowest BCUT2D eigenvalue weighted by molar-refractivity contribution is 0.328. The standard InChI is InChI=1S/C20H27N3O2/c1-13(2)19(16-10-15(4)20(24)23(5)12-16)22-18-7-6-17(11-14(18)3)25-9-8-21/h6-7,10-13H,8-9,21H2,1-5H3. The number of pyridine rings is 1. The van der Waals surface area contributed by atoms with Crippen molar-refractivity contribution in [1.29, 1.82) is 0 Å². The van der Waals surface area contributed by atoms with Crippen LogP contribution in [0.25, 0.3) is 0 Å². The maximum atomic E-state index is 11.9. The van der Waals surface area contributed by atoms with Crippen LogP contribution in [0.2, 0.25) is 0 Å². The Morgan fingerprint density at radius 3 is 2.52 bits per heavy atom. The molecule has 1 heterocycles. The van der Waals surface area contributed by atoms with Gasteiger partial charge in [-0.25, -0.2) is 0 Å². The summed E-state index contributed by atoms with van der Waals surface area (Å²) in [4.78, 5) is 16.8. The van der Waals surface area contributed by atoms with Crippen LogP contribution in [0.1, 0.15) is 30.5 Å². The molecule has 1 aromatic carbocycles. The molecule has 0 radical (unpaired) electrons. The van der Waals surface area contributed by atoms with Crippen LogP contribution < -0.4 is 16.0 Å². The summed E-state index contributed by atoms with van der Waals surface area (Å²) >= 11 is 0. The van der Waals surface area contributed by atoms with Crippen LogP contribution in [0.3, 0.4) is 0 Å². The van der Waals surface area contributed by atoms with Crippen molar-refractivity contribution >= 4 is 11.4 Å². The lowest BCUT2D eigenvalue weighted by atomic mass is 10.00. The predicted octanol–water partition coefficient (Wildman–Crippen LogP) is 3.12. The number of rotatable bonds is 6. The molecule has 2 aromatic rings. The van der Waals surface area contributed by atoms with Gasteiger partial charge in [0.05, 0.1) is 11.4 Å².